The molecule has 0 saturated carbocycles. The first-order chi connectivity index (χ1) is 7.92. The van der Waals surface area contributed by atoms with Crippen molar-refractivity contribution in [1.29, 1.82) is 0 Å². The topological polar surface area (TPSA) is 34.1 Å². The number of thiazole rings is 1. The van der Waals surface area contributed by atoms with Crippen molar-refractivity contribution >= 4 is 21.6 Å². The number of hydrogen-bond acceptors (Lipinski definition) is 4. The van der Waals surface area contributed by atoms with Gasteiger partial charge in [0.25, 0.3) is 5.19 Å². The van der Waals surface area contributed by atoms with Crippen LogP contribution in [0.2, 0.25) is 0 Å². The van der Waals surface area contributed by atoms with Crippen LogP contribution in [0.15, 0.2) is 24.3 Å². The molecule has 0 aliphatic carbocycles. The van der Waals surface area contributed by atoms with E-state index < -0.39 is 0 Å². The molecule has 84 valence electrons. The van der Waals surface area contributed by atoms with Crippen molar-refractivity contribution in [1.82, 2.24) is 10.3 Å². The van der Waals surface area contributed by atoms with Crippen LogP contribution in [0.25, 0.3) is 10.2 Å². The summed E-state index contributed by atoms with van der Waals surface area (Å²) in [7, 11) is 0. The van der Waals surface area contributed by atoms with Crippen molar-refractivity contribution in [2.75, 3.05) is 13.1 Å². The molecule has 0 unspecified atom stereocenters. The molecule has 4 heteroatoms. The third-order valence-corrected chi connectivity index (χ3v) is 3.72. The van der Waals surface area contributed by atoms with E-state index in [1.54, 1.807) is 11.3 Å². The van der Waals surface area contributed by atoms with Gasteiger partial charge in [-0.1, -0.05) is 23.5 Å². The molecule has 0 bridgehead atoms. The Morgan fingerprint density at radius 1 is 1.38 bits per heavy atom. The highest BCUT2D eigenvalue weighted by atomic mass is 32.1. The zero-order valence-electron chi connectivity index (χ0n) is 8.98. The van der Waals surface area contributed by atoms with Crippen LogP contribution in [0.4, 0.5) is 0 Å². The Labute approximate surface area is 98.5 Å². The highest BCUT2D eigenvalue weighted by Crippen LogP contribution is 2.28. The van der Waals surface area contributed by atoms with Gasteiger partial charge in [-0.3, -0.25) is 0 Å². The normalized spacial score (nSPS) is 21.1. The number of aromatic nitrogens is 1. The SMILES string of the molecule is c1ccc2sc(O[C@@H]3CCCNC3)nc2c1. The summed E-state index contributed by atoms with van der Waals surface area (Å²) in [6.07, 6.45) is 2.60. The molecule has 0 radical (unpaired) electrons. The van der Waals surface area contributed by atoms with Gasteiger partial charge in [-0.2, -0.15) is 0 Å². The fraction of sp³-hybridized carbons (Fsp3) is 0.417. The molecule has 1 N–H and O–H groups in total. The van der Waals surface area contributed by atoms with Gasteiger partial charge in [-0.05, 0) is 31.5 Å². The highest BCUT2D eigenvalue weighted by molar-refractivity contribution is 7.20. The Morgan fingerprint density at radius 3 is 3.12 bits per heavy atom. The van der Waals surface area contributed by atoms with Crippen molar-refractivity contribution in [2.24, 2.45) is 0 Å². The van der Waals surface area contributed by atoms with Crippen molar-refractivity contribution in [3.63, 3.8) is 0 Å². The Kier molecular flexibility index (Phi) is 2.76. The molecular formula is C12H14N2OS. The lowest BCUT2D eigenvalue weighted by atomic mass is 10.1. The van der Waals surface area contributed by atoms with Crippen LogP contribution in [0.5, 0.6) is 5.19 Å². The molecule has 0 amide bonds. The van der Waals surface area contributed by atoms with Crippen molar-refractivity contribution in [3.05, 3.63) is 24.3 Å². The summed E-state index contributed by atoms with van der Waals surface area (Å²) in [6, 6.07) is 8.15. The maximum atomic E-state index is 5.89. The Bertz CT molecular complexity index is 444. The van der Waals surface area contributed by atoms with Gasteiger partial charge in [0.05, 0.1) is 10.2 Å². The van der Waals surface area contributed by atoms with E-state index in [1.165, 1.54) is 11.1 Å². The van der Waals surface area contributed by atoms with Crippen LogP contribution >= 0.6 is 11.3 Å². The van der Waals surface area contributed by atoms with Crippen LogP contribution in [0.1, 0.15) is 12.8 Å². The number of para-hydroxylation sites is 1. The molecule has 16 heavy (non-hydrogen) atoms. The minimum atomic E-state index is 0.286. The molecule has 1 saturated heterocycles. The second kappa shape index (κ2) is 4.39. The van der Waals surface area contributed by atoms with E-state index in [4.69, 9.17) is 4.74 Å². The second-order valence-corrected chi connectivity index (χ2v) is 5.03. The molecule has 1 atom stereocenters. The maximum Gasteiger partial charge on any atom is 0.274 e. The van der Waals surface area contributed by atoms with Crippen molar-refractivity contribution < 1.29 is 4.74 Å². The van der Waals surface area contributed by atoms with E-state index in [0.717, 1.165) is 30.2 Å². The number of ether oxygens (including phenoxy) is 1. The molecule has 1 aromatic carbocycles. The van der Waals surface area contributed by atoms with E-state index in [2.05, 4.69) is 16.4 Å². The molecule has 3 rings (SSSR count). The van der Waals surface area contributed by atoms with Crippen molar-refractivity contribution in [2.45, 2.75) is 18.9 Å². The lowest BCUT2D eigenvalue weighted by Crippen LogP contribution is -2.37. The Hall–Kier alpha value is -1.13. The van der Waals surface area contributed by atoms with Gasteiger partial charge >= 0.3 is 0 Å². The van der Waals surface area contributed by atoms with Gasteiger partial charge in [-0.15, -0.1) is 0 Å². The molecule has 1 fully saturated rings. The fourth-order valence-electron chi connectivity index (χ4n) is 1.96. The second-order valence-electron chi connectivity index (χ2n) is 4.03. The standard InChI is InChI=1S/C12H14N2OS/c1-2-6-11-10(5-1)14-12(16-11)15-9-4-3-7-13-8-9/h1-2,5-6,9,13H,3-4,7-8H2/t9-/m1/s1. The Balaban J connectivity index is 1.78. The van der Waals surface area contributed by atoms with E-state index in [0.29, 0.717) is 0 Å². The lowest BCUT2D eigenvalue weighted by Gasteiger charge is -2.22. The first-order valence-corrected chi connectivity index (χ1v) is 6.46. The van der Waals surface area contributed by atoms with Crippen LogP contribution in [0, 0.1) is 0 Å². The molecular weight excluding hydrogens is 220 g/mol. The van der Waals surface area contributed by atoms with Crippen molar-refractivity contribution in [3.8, 4) is 5.19 Å². The highest BCUT2D eigenvalue weighted by Gasteiger charge is 2.16. The zero-order chi connectivity index (χ0) is 10.8. The molecule has 2 aromatic rings. The first-order valence-electron chi connectivity index (χ1n) is 5.65. The summed E-state index contributed by atoms with van der Waals surface area (Å²) in [5.74, 6) is 0. The maximum absolute atomic E-state index is 5.89. The smallest absolute Gasteiger partial charge is 0.274 e. The monoisotopic (exact) mass is 234 g/mol. The summed E-state index contributed by atoms with van der Waals surface area (Å²) in [4.78, 5) is 4.48. The first kappa shape index (κ1) is 10.1. The van der Waals surface area contributed by atoms with Gasteiger partial charge < -0.3 is 10.1 Å². The number of benzene rings is 1. The average Bonchev–Trinajstić information content (AvgIpc) is 2.72. The van der Waals surface area contributed by atoms with Crippen LogP contribution < -0.4 is 10.1 Å². The van der Waals surface area contributed by atoms with Gasteiger partial charge in [0.15, 0.2) is 0 Å². The van der Waals surface area contributed by atoms with Crippen LogP contribution in [-0.4, -0.2) is 24.2 Å². The van der Waals surface area contributed by atoms with E-state index in [9.17, 15) is 0 Å². The molecule has 1 aliphatic heterocycles. The van der Waals surface area contributed by atoms with Gasteiger partial charge in [-0.25, -0.2) is 4.98 Å². The number of fused-ring (bicyclic) bond motifs is 1. The van der Waals surface area contributed by atoms with Crippen LogP contribution in [0.3, 0.4) is 0 Å². The molecule has 1 aromatic heterocycles. The minimum Gasteiger partial charge on any atom is -0.465 e. The molecule has 1 aliphatic rings. The van der Waals surface area contributed by atoms with Crippen LogP contribution in [-0.2, 0) is 0 Å². The average molecular weight is 234 g/mol. The number of hydrogen-bond donors (Lipinski definition) is 1. The summed E-state index contributed by atoms with van der Waals surface area (Å²) in [5, 5.41) is 4.14. The van der Waals surface area contributed by atoms with E-state index in [1.807, 2.05) is 18.2 Å². The summed E-state index contributed by atoms with van der Waals surface area (Å²) in [6.45, 7) is 2.05. The minimum absolute atomic E-state index is 0.286. The lowest BCUT2D eigenvalue weighted by molar-refractivity contribution is 0.167. The predicted molar refractivity (Wildman–Crippen MR) is 66.1 cm³/mol. The number of nitrogens with zero attached hydrogens (tertiary/aromatic N) is 1. The third kappa shape index (κ3) is 2.03. The number of rotatable bonds is 2. The molecule has 3 nitrogen and oxygen atoms in total. The predicted octanol–water partition coefficient (Wildman–Crippen LogP) is 2.43. The summed E-state index contributed by atoms with van der Waals surface area (Å²) >= 11 is 1.63. The van der Waals surface area contributed by atoms with Gasteiger partial charge in [0.1, 0.15) is 6.10 Å². The zero-order valence-corrected chi connectivity index (χ0v) is 9.80. The largest absolute Gasteiger partial charge is 0.465 e. The molecule has 2 heterocycles. The van der Waals surface area contributed by atoms with Gasteiger partial charge in [0.2, 0.25) is 0 Å². The third-order valence-electron chi connectivity index (χ3n) is 2.79. The quantitative estimate of drug-likeness (QED) is 0.866. The number of nitrogens with one attached hydrogen (secondary N) is 1. The number of piperidine rings is 1. The molecule has 0 spiro atoms. The summed E-state index contributed by atoms with van der Waals surface area (Å²) in [5.41, 5.74) is 1.03. The fourth-order valence-corrected chi connectivity index (χ4v) is 2.85. The Morgan fingerprint density at radius 2 is 2.31 bits per heavy atom. The van der Waals surface area contributed by atoms with Gasteiger partial charge in [0, 0.05) is 6.54 Å². The van der Waals surface area contributed by atoms with E-state index in [-0.39, 0.29) is 6.10 Å². The summed E-state index contributed by atoms with van der Waals surface area (Å²) < 4.78 is 7.08. The van der Waals surface area contributed by atoms with E-state index >= 15 is 0 Å².